The largest absolute Gasteiger partial charge is 0.493 e. The maximum Gasteiger partial charge on any atom is 0.227 e. The smallest absolute Gasteiger partial charge is 0.227 e. The number of carbonyl (C=O) groups is 1. The number of methoxy groups -OCH3 is 2. The molecule has 0 aliphatic carbocycles. The quantitative estimate of drug-likeness (QED) is 0.675. The Bertz CT molecular complexity index is 924. The highest BCUT2D eigenvalue weighted by molar-refractivity contribution is 5.94. The van der Waals surface area contributed by atoms with E-state index < -0.39 is 0 Å². The first-order chi connectivity index (χ1) is 12.6. The van der Waals surface area contributed by atoms with Crippen LogP contribution in [0.15, 0.2) is 54.7 Å². The summed E-state index contributed by atoms with van der Waals surface area (Å²) >= 11 is 0. The van der Waals surface area contributed by atoms with E-state index in [9.17, 15) is 4.79 Å². The number of hydrogen-bond donors (Lipinski definition) is 1. The van der Waals surface area contributed by atoms with Crippen molar-refractivity contribution in [2.75, 3.05) is 19.5 Å². The van der Waals surface area contributed by atoms with Gasteiger partial charge in [-0.3, -0.25) is 4.79 Å². The van der Waals surface area contributed by atoms with E-state index >= 15 is 0 Å². The van der Waals surface area contributed by atoms with Crippen LogP contribution < -0.4 is 14.8 Å². The van der Waals surface area contributed by atoms with Gasteiger partial charge in [0.15, 0.2) is 17.3 Å². The Hall–Kier alpha value is -3.41. The number of nitrogens with zero attached hydrogens (tertiary/aromatic N) is 2. The first-order valence-electron chi connectivity index (χ1n) is 8.04. The Morgan fingerprint density at radius 3 is 2.35 bits per heavy atom. The van der Waals surface area contributed by atoms with Crippen LogP contribution in [0.2, 0.25) is 0 Å². The van der Waals surface area contributed by atoms with Crippen molar-refractivity contribution >= 4 is 17.4 Å². The van der Waals surface area contributed by atoms with E-state index in [1.165, 1.54) is 0 Å². The molecule has 0 spiro atoms. The summed E-state index contributed by atoms with van der Waals surface area (Å²) in [5, 5.41) is 3.16. The lowest BCUT2D eigenvalue weighted by Gasteiger charge is -2.11. The van der Waals surface area contributed by atoms with Crippen molar-refractivity contribution < 1.29 is 14.3 Å². The molecule has 1 heterocycles. The van der Waals surface area contributed by atoms with Crippen molar-refractivity contribution in [3.05, 3.63) is 60.3 Å². The van der Waals surface area contributed by atoms with E-state index in [0.717, 1.165) is 16.9 Å². The van der Waals surface area contributed by atoms with Crippen molar-refractivity contribution in [2.24, 2.45) is 0 Å². The van der Waals surface area contributed by atoms with Crippen LogP contribution in [-0.4, -0.2) is 30.0 Å². The molecule has 0 aliphatic rings. The molecule has 6 heteroatoms. The molecular formula is C20H19N3O3. The van der Waals surface area contributed by atoms with Gasteiger partial charge in [-0.2, -0.15) is 0 Å². The molecule has 6 nitrogen and oxygen atoms in total. The predicted octanol–water partition coefficient (Wildman–Crippen LogP) is 4.11. The van der Waals surface area contributed by atoms with Crippen LogP contribution in [0.25, 0.3) is 11.3 Å². The second kappa shape index (κ2) is 7.65. The van der Waals surface area contributed by atoms with Gasteiger partial charge in [-0.15, -0.1) is 0 Å². The topological polar surface area (TPSA) is 73.3 Å². The Balaban J connectivity index is 1.84. The Labute approximate surface area is 151 Å². The Morgan fingerprint density at radius 2 is 1.69 bits per heavy atom. The van der Waals surface area contributed by atoms with Crippen molar-refractivity contribution in [1.82, 2.24) is 9.97 Å². The number of benzene rings is 2. The third-order valence-corrected chi connectivity index (χ3v) is 3.88. The Morgan fingerprint density at radius 1 is 0.962 bits per heavy atom. The number of aromatic nitrogens is 2. The lowest BCUT2D eigenvalue weighted by atomic mass is 10.1. The third-order valence-electron chi connectivity index (χ3n) is 3.88. The number of nitrogens with one attached hydrogen (secondary N) is 1. The first kappa shape index (κ1) is 17.4. The number of hydrogen-bond acceptors (Lipinski definition) is 6. The van der Waals surface area contributed by atoms with Gasteiger partial charge in [-0.05, 0) is 25.1 Å². The summed E-state index contributed by atoms with van der Waals surface area (Å²) in [5.41, 5.74) is 3.13. The summed E-state index contributed by atoms with van der Waals surface area (Å²) in [5.74, 6) is 1.77. The van der Waals surface area contributed by atoms with Crippen molar-refractivity contribution in [1.29, 1.82) is 0 Å². The van der Waals surface area contributed by atoms with E-state index in [-0.39, 0.29) is 5.78 Å². The fourth-order valence-electron chi connectivity index (χ4n) is 2.50. The molecule has 1 aromatic heterocycles. The lowest BCUT2D eigenvalue weighted by Crippen LogP contribution is -1.99. The lowest BCUT2D eigenvalue weighted by molar-refractivity contribution is 0.101. The van der Waals surface area contributed by atoms with Crippen molar-refractivity contribution in [2.45, 2.75) is 6.92 Å². The van der Waals surface area contributed by atoms with Crippen LogP contribution >= 0.6 is 0 Å². The second-order valence-corrected chi connectivity index (χ2v) is 5.59. The molecule has 0 atom stereocenters. The van der Waals surface area contributed by atoms with E-state index in [4.69, 9.17) is 9.47 Å². The number of Topliss-reactive ketones (excluding diaryl/α,β-unsaturated/α-hetero) is 1. The fourth-order valence-corrected chi connectivity index (χ4v) is 2.50. The molecule has 0 fully saturated rings. The van der Waals surface area contributed by atoms with E-state index in [1.807, 2.05) is 36.4 Å². The number of ether oxygens (including phenoxy) is 2. The molecule has 0 unspecified atom stereocenters. The van der Waals surface area contributed by atoms with Gasteiger partial charge in [0.05, 0.1) is 19.9 Å². The van der Waals surface area contributed by atoms with Gasteiger partial charge in [-0.25, -0.2) is 9.97 Å². The molecule has 3 rings (SSSR count). The zero-order chi connectivity index (χ0) is 18.5. The molecule has 0 saturated carbocycles. The normalized spacial score (nSPS) is 10.3. The van der Waals surface area contributed by atoms with Crippen LogP contribution in [0.3, 0.4) is 0 Å². The van der Waals surface area contributed by atoms with Gasteiger partial charge >= 0.3 is 0 Å². The zero-order valence-corrected chi connectivity index (χ0v) is 14.8. The SMILES string of the molecule is COc1ccc(Nc2nccc(-c3ccc(C(C)=O)cc3)n2)cc1OC. The number of ketones is 1. The molecule has 0 bridgehead atoms. The van der Waals surface area contributed by atoms with Crippen LogP contribution in [0.4, 0.5) is 11.6 Å². The van der Waals surface area contributed by atoms with Crippen LogP contribution in [0, 0.1) is 0 Å². The summed E-state index contributed by atoms with van der Waals surface area (Å²) in [6.45, 7) is 1.55. The van der Waals surface area contributed by atoms with E-state index in [1.54, 1.807) is 39.5 Å². The minimum absolute atomic E-state index is 0.0371. The summed E-state index contributed by atoms with van der Waals surface area (Å²) < 4.78 is 10.5. The highest BCUT2D eigenvalue weighted by Crippen LogP contribution is 2.30. The van der Waals surface area contributed by atoms with Crippen LogP contribution in [0.1, 0.15) is 17.3 Å². The average molecular weight is 349 g/mol. The average Bonchev–Trinajstić information content (AvgIpc) is 2.68. The molecule has 0 amide bonds. The molecule has 26 heavy (non-hydrogen) atoms. The number of anilines is 2. The van der Waals surface area contributed by atoms with Crippen LogP contribution in [-0.2, 0) is 0 Å². The molecule has 1 N–H and O–H groups in total. The van der Waals surface area contributed by atoms with E-state index in [2.05, 4.69) is 15.3 Å². The maximum absolute atomic E-state index is 11.4. The second-order valence-electron chi connectivity index (χ2n) is 5.59. The zero-order valence-electron chi connectivity index (χ0n) is 14.8. The van der Waals surface area contributed by atoms with Crippen LogP contribution in [0.5, 0.6) is 11.5 Å². The summed E-state index contributed by atoms with van der Waals surface area (Å²) in [6.07, 6.45) is 1.68. The monoisotopic (exact) mass is 349 g/mol. The molecular weight excluding hydrogens is 330 g/mol. The van der Waals surface area contributed by atoms with Crippen molar-refractivity contribution in [3.63, 3.8) is 0 Å². The fraction of sp³-hybridized carbons (Fsp3) is 0.150. The number of carbonyl (C=O) groups excluding carboxylic acids is 1. The van der Waals surface area contributed by atoms with Crippen molar-refractivity contribution in [3.8, 4) is 22.8 Å². The Kier molecular flexibility index (Phi) is 5.12. The molecule has 0 saturated heterocycles. The number of rotatable bonds is 6. The molecule has 0 radical (unpaired) electrons. The highest BCUT2D eigenvalue weighted by atomic mass is 16.5. The summed E-state index contributed by atoms with van der Waals surface area (Å²) in [7, 11) is 3.18. The van der Waals surface area contributed by atoms with Gasteiger partial charge < -0.3 is 14.8 Å². The van der Waals surface area contributed by atoms with Gasteiger partial charge in [0, 0.05) is 29.1 Å². The summed E-state index contributed by atoms with van der Waals surface area (Å²) in [6, 6.07) is 14.6. The first-order valence-corrected chi connectivity index (χ1v) is 8.04. The minimum atomic E-state index is 0.0371. The van der Waals surface area contributed by atoms with Gasteiger partial charge in [0.1, 0.15) is 0 Å². The molecule has 0 aliphatic heterocycles. The standard InChI is InChI=1S/C20H19N3O3/c1-13(24)14-4-6-15(7-5-14)17-10-11-21-20(23-17)22-16-8-9-18(25-2)19(12-16)26-3/h4-12H,1-3H3,(H,21,22,23). The minimum Gasteiger partial charge on any atom is -0.493 e. The summed E-state index contributed by atoms with van der Waals surface area (Å²) in [4.78, 5) is 20.2. The molecule has 2 aromatic carbocycles. The van der Waals surface area contributed by atoms with Gasteiger partial charge in [0.2, 0.25) is 5.95 Å². The van der Waals surface area contributed by atoms with E-state index in [0.29, 0.717) is 23.0 Å². The maximum atomic E-state index is 11.4. The molecule has 3 aromatic rings. The highest BCUT2D eigenvalue weighted by Gasteiger charge is 2.07. The molecule has 132 valence electrons. The van der Waals surface area contributed by atoms with Gasteiger partial charge in [-0.1, -0.05) is 24.3 Å². The van der Waals surface area contributed by atoms with Gasteiger partial charge in [0.25, 0.3) is 0 Å². The third kappa shape index (κ3) is 3.80. The predicted molar refractivity (Wildman–Crippen MR) is 100 cm³/mol.